The zero-order valence-electron chi connectivity index (χ0n) is 14.5. The molecule has 0 unspecified atom stereocenters. The van der Waals surface area contributed by atoms with E-state index in [0.717, 1.165) is 4.90 Å². The monoisotopic (exact) mass is 346 g/mol. The Kier molecular flexibility index (Phi) is 5.41. The highest BCUT2D eigenvalue weighted by molar-refractivity contribution is 6.10. The molecule has 1 aliphatic heterocycles. The second-order valence-electron chi connectivity index (χ2n) is 6.12. The van der Waals surface area contributed by atoms with E-state index in [2.05, 4.69) is 16.0 Å². The van der Waals surface area contributed by atoms with Gasteiger partial charge in [-0.2, -0.15) is 0 Å². The number of nitrogens with one attached hydrogen (secondary N) is 3. The molecule has 1 saturated heterocycles. The fourth-order valence-electron chi connectivity index (χ4n) is 2.74. The highest BCUT2D eigenvalue weighted by atomic mass is 16.2. The van der Waals surface area contributed by atoms with Gasteiger partial charge in [-0.1, -0.05) is 37.3 Å². The maximum Gasteiger partial charge on any atom is 0.325 e. The Morgan fingerprint density at radius 1 is 1.20 bits per heavy atom. The molecule has 25 heavy (non-hydrogen) atoms. The third-order valence-corrected chi connectivity index (χ3v) is 3.95. The van der Waals surface area contributed by atoms with E-state index >= 15 is 0 Å². The van der Waals surface area contributed by atoms with Crippen LogP contribution in [0.5, 0.6) is 0 Å². The Bertz CT molecular complexity index is 689. The molecule has 1 atom stereocenters. The molecular formula is C17H22N4O4. The van der Waals surface area contributed by atoms with E-state index < -0.39 is 36.0 Å². The van der Waals surface area contributed by atoms with Crippen LogP contribution in [0.1, 0.15) is 32.8 Å². The number of amides is 6. The molecule has 1 heterocycles. The Morgan fingerprint density at radius 2 is 1.84 bits per heavy atom. The molecule has 0 saturated carbocycles. The second kappa shape index (κ2) is 7.33. The molecule has 0 aliphatic carbocycles. The minimum Gasteiger partial charge on any atom is -0.336 e. The van der Waals surface area contributed by atoms with Crippen LogP contribution in [0.4, 0.5) is 9.59 Å². The van der Waals surface area contributed by atoms with Gasteiger partial charge in [0.15, 0.2) is 0 Å². The predicted octanol–water partition coefficient (Wildman–Crippen LogP) is 1.08. The van der Waals surface area contributed by atoms with Crippen molar-refractivity contribution in [2.45, 2.75) is 38.8 Å². The van der Waals surface area contributed by atoms with Crippen molar-refractivity contribution in [1.29, 1.82) is 0 Å². The summed E-state index contributed by atoms with van der Waals surface area (Å²) in [6, 6.07) is 7.40. The van der Waals surface area contributed by atoms with E-state index in [9.17, 15) is 19.2 Å². The molecule has 1 aliphatic rings. The first-order valence-electron chi connectivity index (χ1n) is 8.10. The lowest BCUT2D eigenvalue weighted by molar-refractivity contribution is -0.135. The number of rotatable bonds is 5. The van der Waals surface area contributed by atoms with E-state index in [1.807, 2.05) is 6.07 Å². The van der Waals surface area contributed by atoms with Crippen LogP contribution in [0.25, 0.3) is 0 Å². The number of hydrogen-bond donors (Lipinski definition) is 3. The summed E-state index contributed by atoms with van der Waals surface area (Å²) in [4.78, 5) is 49.4. The zero-order valence-corrected chi connectivity index (χ0v) is 14.5. The largest absolute Gasteiger partial charge is 0.336 e. The van der Waals surface area contributed by atoms with Gasteiger partial charge in [-0.25, -0.2) is 9.59 Å². The number of hydrogen-bond acceptors (Lipinski definition) is 4. The third kappa shape index (κ3) is 3.78. The van der Waals surface area contributed by atoms with Crippen LogP contribution >= 0.6 is 0 Å². The van der Waals surface area contributed by atoms with Crippen LogP contribution in [0.3, 0.4) is 0 Å². The average Bonchev–Trinajstić information content (AvgIpc) is 2.80. The van der Waals surface area contributed by atoms with Gasteiger partial charge in [0.2, 0.25) is 5.91 Å². The first-order chi connectivity index (χ1) is 11.8. The van der Waals surface area contributed by atoms with Crippen molar-refractivity contribution in [2.24, 2.45) is 0 Å². The maximum atomic E-state index is 12.8. The minimum absolute atomic E-state index is 0.143. The molecule has 0 aromatic heterocycles. The Labute approximate surface area is 145 Å². The smallest absolute Gasteiger partial charge is 0.325 e. The average molecular weight is 346 g/mol. The highest BCUT2D eigenvalue weighted by Gasteiger charge is 2.51. The Morgan fingerprint density at radius 3 is 2.40 bits per heavy atom. The van der Waals surface area contributed by atoms with Gasteiger partial charge in [0.05, 0.1) is 0 Å². The van der Waals surface area contributed by atoms with Gasteiger partial charge in [-0.3, -0.25) is 19.8 Å². The van der Waals surface area contributed by atoms with Gasteiger partial charge in [0.25, 0.3) is 5.91 Å². The van der Waals surface area contributed by atoms with Gasteiger partial charge < -0.3 is 10.6 Å². The van der Waals surface area contributed by atoms with Gasteiger partial charge in [0.1, 0.15) is 12.1 Å². The molecule has 8 nitrogen and oxygen atoms in total. The molecule has 8 heteroatoms. The summed E-state index contributed by atoms with van der Waals surface area (Å²) in [5.74, 6) is -1.24. The van der Waals surface area contributed by atoms with Crippen molar-refractivity contribution in [3.63, 3.8) is 0 Å². The summed E-state index contributed by atoms with van der Waals surface area (Å²) >= 11 is 0. The summed E-state index contributed by atoms with van der Waals surface area (Å²) in [7, 11) is 0. The van der Waals surface area contributed by atoms with Gasteiger partial charge in [-0.15, -0.1) is 0 Å². The fraction of sp³-hybridized carbons (Fsp3) is 0.412. The lowest BCUT2D eigenvalue weighted by Gasteiger charge is -2.25. The molecule has 1 aromatic rings. The van der Waals surface area contributed by atoms with Gasteiger partial charge in [-0.05, 0) is 25.8 Å². The molecule has 0 radical (unpaired) electrons. The molecule has 1 aromatic carbocycles. The Balaban J connectivity index is 2.13. The topological polar surface area (TPSA) is 108 Å². The normalized spacial score (nSPS) is 19.8. The minimum atomic E-state index is -1.20. The van der Waals surface area contributed by atoms with Crippen LogP contribution in [-0.2, 0) is 15.1 Å². The number of benzene rings is 1. The summed E-state index contributed by atoms with van der Waals surface area (Å²) in [5.41, 5.74) is -0.546. The van der Waals surface area contributed by atoms with E-state index in [-0.39, 0.29) is 6.04 Å². The maximum absolute atomic E-state index is 12.8. The van der Waals surface area contributed by atoms with E-state index in [1.54, 1.807) is 45.0 Å². The van der Waals surface area contributed by atoms with Crippen LogP contribution < -0.4 is 16.0 Å². The lowest BCUT2D eigenvalue weighted by Crippen LogP contribution is -2.48. The molecule has 0 bridgehead atoms. The van der Waals surface area contributed by atoms with Crippen molar-refractivity contribution in [1.82, 2.24) is 20.9 Å². The van der Waals surface area contributed by atoms with Crippen LogP contribution in [0.2, 0.25) is 0 Å². The number of imide groups is 2. The van der Waals surface area contributed by atoms with Crippen LogP contribution in [-0.4, -0.2) is 41.4 Å². The molecule has 134 valence electrons. The highest BCUT2D eigenvalue weighted by Crippen LogP contribution is 2.32. The third-order valence-electron chi connectivity index (χ3n) is 3.95. The van der Waals surface area contributed by atoms with Crippen molar-refractivity contribution in [3.8, 4) is 0 Å². The summed E-state index contributed by atoms with van der Waals surface area (Å²) in [6.07, 6.45) is 0.341. The fourth-order valence-corrected chi connectivity index (χ4v) is 2.74. The predicted molar refractivity (Wildman–Crippen MR) is 90.5 cm³/mol. The number of carbonyl (C=O) groups excluding carboxylic acids is 4. The summed E-state index contributed by atoms with van der Waals surface area (Å²) < 4.78 is 0. The van der Waals surface area contributed by atoms with Crippen molar-refractivity contribution in [3.05, 3.63) is 35.9 Å². The standard InChI is InChI=1S/C17H22N4O4/c1-4-17(12-8-6-5-7-9-12)14(23)21(16(25)20-17)10-13(22)19-15(24)18-11(2)3/h5-9,11H,4,10H2,1-3H3,(H,20,25)(H2,18,19,22,24)/t17-/m1/s1. The number of nitrogens with zero attached hydrogens (tertiary/aromatic N) is 1. The first-order valence-corrected chi connectivity index (χ1v) is 8.10. The lowest BCUT2D eigenvalue weighted by atomic mass is 9.87. The number of urea groups is 2. The quantitative estimate of drug-likeness (QED) is 0.693. The van der Waals surface area contributed by atoms with Gasteiger partial charge >= 0.3 is 12.1 Å². The molecular weight excluding hydrogens is 324 g/mol. The SMILES string of the molecule is CC[C@]1(c2ccccc2)NC(=O)N(CC(=O)NC(=O)NC(C)C)C1=O. The molecule has 6 amide bonds. The van der Waals surface area contributed by atoms with Crippen molar-refractivity contribution < 1.29 is 19.2 Å². The molecule has 2 rings (SSSR count). The molecule has 1 fully saturated rings. The van der Waals surface area contributed by atoms with E-state index in [0.29, 0.717) is 12.0 Å². The number of carbonyl (C=O) groups is 4. The van der Waals surface area contributed by atoms with Crippen molar-refractivity contribution >= 4 is 23.9 Å². The molecule has 0 spiro atoms. The van der Waals surface area contributed by atoms with E-state index in [4.69, 9.17) is 0 Å². The van der Waals surface area contributed by atoms with E-state index in [1.165, 1.54) is 0 Å². The van der Waals surface area contributed by atoms with Gasteiger partial charge in [0, 0.05) is 6.04 Å². The first kappa shape index (κ1) is 18.4. The second-order valence-corrected chi connectivity index (χ2v) is 6.12. The molecule has 3 N–H and O–H groups in total. The summed E-state index contributed by atoms with van der Waals surface area (Å²) in [5, 5.41) is 7.28. The van der Waals surface area contributed by atoms with Crippen LogP contribution in [0.15, 0.2) is 30.3 Å². The zero-order chi connectivity index (χ0) is 18.6. The van der Waals surface area contributed by atoms with Crippen LogP contribution in [0, 0.1) is 0 Å². The Hall–Kier alpha value is -2.90. The summed E-state index contributed by atoms with van der Waals surface area (Å²) in [6.45, 7) is 4.75. The van der Waals surface area contributed by atoms with Crippen molar-refractivity contribution in [2.75, 3.05) is 6.54 Å².